The SMILES string of the molecule is CCC(CC1CC1)Nc1nc(C(C)C)nc(N)c1C. The lowest BCUT2D eigenvalue weighted by molar-refractivity contribution is 0.583. The molecule has 0 bridgehead atoms. The molecule has 0 aliphatic heterocycles. The van der Waals surface area contributed by atoms with Crippen molar-refractivity contribution in [3.63, 3.8) is 0 Å². The Bertz CT molecular complexity index is 438. The van der Waals surface area contributed by atoms with E-state index in [9.17, 15) is 0 Å². The van der Waals surface area contributed by atoms with Crippen LogP contribution in [0.5, 0.6) is 0 Å². The van der Waals surface area contributed by atoms with E-state index < -0.39 is 0 Å². The van der Waals surface area contributed by atoms with E-state index >= 15 is 0 Å². The van der Waals surface area contributed by atoms with Gasteiger partial charge in [-0.1, -0.05) is 33.6 Å². The molecule has 106 valence electrons. The normalized spacial score (nSPS) is 16.7. The van der Waals surface area contributed by atoms with Crippen LogP contribution >= 0.6 is 0 Å². The van der Waals surface area contributed by atoms with Crippen molar-refractivity contribution in [1.82, 2.24) is 9.97 Å². The molecule has 19 heavy (non-hydrogen) atoms. The van der Waals surface area contributed by atoms with Crippen molar-refractivity contribution < 1.29 is 0 Å². The van der Waals surface area contributed by atoms with Gasteiger partial charge in [0.05, 0.1) is 0 Å². The molecule has 3 N–H and O–H groups in total. The molecule has 1 saturated carbocycles. The highest BCUT2D eigenvalue weighted by molar-refractivity contribution is 5.55. The number of nitrogens with one attached hydrogen (secondary N) is 1. The molecule has 2 rings (SSSR count). The molecule has 4 heteroatoms. The average Bonchev–Trinajstić information content (AvgIpc) is 3.17. The fourth-order valence-electron chi connectivity index (χ4n) is 2.23. The van der Waals surface area contributed by atoms with Crippen LogP contribution < -0.4 is 11.1 Å². The zero-order valence-electron chi connectivity index (χ0n) is 12.5. The van der Waals surface area contributed by atoms with Crippen molar-refractivity contribution in [1.29, 1.82) is 0 Å². The van der Waals surface area contributed by atoms with Gasteiger partial charge in [0.25, 0.3) is 0 Å². The summed E-state index contributed by atoms with van der Waals surface area (Å²) < 4.78 is 0. The molecular formula is C15H26N4. The van der Waals surface area contributed by atoms with Crippen LogP contribution in [0.4, 0.5) is 11.6 Å². The largest absolute Gasteiger partial charge is 0.383 e. The summed E-state index contributed by atoms with van der Waals surface area (Å²) in [5, 5.41) is 3.57. The number of hydrogen-bond acceptors (Lipinski definition) is 4. The Morgan fingerprint density at radius 3 is 2.53 bits per heavy atom. The van der Waals surface area contributed by atoms with Crippen molar-refractivity contribution in [2.75, 3.05) is 11.1 Å². The van der Waals surface area contributed by atoms with Crippen LogP contribution in [0.3, 0.4) is 0 Å². The van der Waals surface area contributed by atoms with Gasteiger partial charge >= 0.3 is 0 Å². The van der Waals surface area contributed by atoms with Crippen LogP contribution in [0.2, 0.25) is 0 Å². The number of rotatable bonds is 6. The fourth-order valence-corrected chi connectivity index (χ4v) is 2.23. The summed E-state index contributed by atoms with van der Waals surface area (Å²) in [6.07, 6.45) is 5.15. The number of hydrogen-bond donors (Lipinski definition) is 2. The topological polar surface area (TPSA) is 63.8 Å². The van der Waals surface area contributed by atoms with Gasteiger partial charge in [-0.2, -0.15) is 0 Å². The summed E-state index contributed by atoms with van der Waals surface area (Å²) in [5.41, 5.74) is 6.97. The summed E-state index contributed by atoms with van der Waals surface area (Å²) in [7, 11) is 0. The Balaban J connectivity index is 2.16. The van der Waals surface area contributed by atoms with Gasteiger partial charge in [-0.15, -0.1) is 0 Å². The summed E-state index contributed by atoms with van der Waals surface area (Å²) >= 11 is 0. The minimum Gasteiger partial charge on any atom is -0.383 e. The van der Waals surface area contributed by atoms with Gasteiger partial charge < -0.3 is 11.1 Å². The number of nitrogen functional groups attached to an aromatic ring is 1. The molecular weight excluding hydrogens is 236 g/mol. The third kappa shape index (κ3) is 3.58. The number of nitrogens with two attached hydrogens (primary N) is 1. The first kappa shape index (κ1) is 14.1. The summed E-state index contributed by atoms with van der Waals surface area (Å²) in [6, 6.07) is 0.500. The third-order valence-corrected chi connectivity index (χ3v) is 3.87. The molecule has 1 unspecified atom stereocenters. The average molecular weight is 262 g/mol. The first-order valence-electron chi connectivity index (χ1n) is 7.41. The molecule has 1 aliphatic rings. The highest BCUT2D eigenvalue weighted by Gasteiger charge is 2.25. The molecule has 1 fully saturated rings. The molecule has 1 aromatic rings. The van der Waals surface area contributed by atoms with Crippen LogP contribution in [-0.2, 0) is 0 Å². The Morgan fingerprint density at radius 2 is 2.00 bits per heavy atom. The van der Waals surface area contributed by atoms with E-state index in [2.05, 4.69) is 36.1 Å². The minimum absolute atomic E-state index is 0.298. The van der Waals surface area contributed by atoms with E-state index in [-0.39, 0.29) is 0 Å². The van der Waals surface area contributed by atoms with Crippen LogP contribution in [0.25, 0.3) is 0 Å². The summed E-state index contributed by atoms with van der Waals surface area (Å²) in [5.74, 6) is 3.56. The van der Waals surface area contributed by atoms with E-state index in [1.807, 2.05) is 6.92 Å². The van der Waals surface area contributed by atoms with Gasteiger partial charge in [0.1, 0.15) is 17.5 Å². The monoisotopic (exact) mass is 262 g/mol. The van der Waals surface area contributed by atoms with Crippen LogP contribution in [0.1, 0.15) is 63.8 Å². The molecule has 0 radical (unpaired) electrons. The second kappa shape index (κ2) is 5.76. The number of nitrogens with zero attached hydrogens (tertiary/aromatic N) is 2. The second-order valence-corrected chi connectivity index (χ2v) is 6.02. The van der Waals surface area contributed by atoms with Crippen LogP contribution in [-0.4, -0.2) is 16.0 Å². The predicted octanol–water partition coefficient (Wildman–Crippen LogP) is 3.48. The number of anilines is 2. The summed E-state index contributed by atoms with van der Waals surface area (Å²) in [6.45, 7) is 8.40. The maximum Gasteiger partial charge on any atom is 0.135 e. The van der Waals surface area contributed by atoms with E-state index in [1.54, 1.807) is 0 Å². The van der Waals surface area contributed by atoms with Crippen LogP contribution in [0.15, 0.2) is 0 Å². The van der Waals surface area contributed by atoms with Crippen molar-refractivity contribution in [2.24, 2.45) is 5.92 Å². The standard InChI is InChI=1S/C15H26N4/c1-5-12(8-11-6-7-11)17-15-10(4)13(16)18-14(19-15)9(2)3/h9,11-12H,5-8H2,1-4H3,(H3,16,17,18,19). The summed E-state index contributed by atoms with van der Waals surface area (Å²) in [4.78, 5) is 9.01. The first-order valence-corrected chi connectivity index (χ1v) is 7.41. The minimum atomic E-state index is 0.298. The molecule has 0 saturated heterocycles. The predicted molar refractivity (Wildman–Crippen MR) is 80.3 cm³/mol. The Hall–Kier alpha value is -1.32. The van der Waals surface area contributed by atoms with Gasteiger partial charge in [0, 0.05) is 17.5 Å². The second-order valence-electron chi connectivity index (χ2n) is 6.02. The smallest absolute Gasteiger partial charge is 0.135 e. The van der Waals surface area contributed by atoms with Gasteiger partial charge in [-0.3, -0.25) is 0 Å². The lowest BCUT2D eigenvalue weighted by atomic mass is 10.1. The number of aromatic nitrogens is 2. The molecule has 4 nitrogen and oxygen atoms in total. The lowest BCUT2D eigenvalue weighted by Gasteiger charge is -2.20. The molecule has 0 aromatic carbocycles. The van der Waals surface area contributed by atoms with Crippen LogP contribution in [0, 0.1) is 12.8 Å². The maximum atomic E-state index is 6.00. The maximum absolute atomic E-state index is 6.00. The van der Waals surface area contributed by atoms with Crippen molar-refractivity contribution in [3.8, 4) is 0 Å². The van der Waals surface area contributed by atoms with Gasteiger partial charge in [0.15, 0.2) is 0 Å². The van der Waals surface area contributed by atoms with Crippen molar-refractivity contribution in [3.05, 3.63) is 11.4 Å². The van der Waals surface area contributed by atoms with E-state index in [0.717, 1.165) is 29.5 Å². The van der Waals surface area contributed by atoms with Crippen molar-refractivity contribution >= 4 is 11.6 Å². The molecule has 1 aromatic heterocycles. The highest BCUT2D eigenvalue weighted by Crippen LogP contribution is 2.35. The zero-order chi connectivity index (χ0) is 14.0. The quantitative estimate of drug-likeness (QED) is 0.823. The van der Waals surface area contributed by atoms with Gasteiger partial charge in [-0.05, 0) is 25.7 Å². The fraction of sp³-hybridized carbons (Fsp3) is 0.733. The van der Waals surface area contributed by atoms with E-state index in [0.29, 0.717) is 17.8 Å². The molecule has 1 atom stereocenters. The van der Waals surface area contributed by atoms with E-state index in [4.69, 9.17) is 5.73 Å². The molecule has 1 heterocycles. The third-order valence-electron chi connectivity index (χ3n) is 3.87. The Kier molecular flexibility index (Phi) is 4.27. The molecule has 1 aliphatic carbocycles. The Labute approximate surface area is 116 Å². The van der Waals surface area contributed by atoms with Crippen molar-refractivity contribution in [2.45, 2.75) is 65.3 Å². The van der Waals surface area contributed by atoms with Gasteiger partial charge in [0.2, 0.25) is 0 Å². The lowest BCUT2D eigenvalue weighted by Crippen LogP contribution is -2.22. The molecule has 0 amide bonds. The Morgan fingerprint density at radius 1 is 1.32 bits per heavy atom. The highest BCUT2D eigenvalue weighted by atomic mass is 15.1. The molecule has 0 spiro atoms. The zero-order valence-corrected chi connectivity index (χ0v) is 12.5. The van der Waals surface area contributed by atoms with E-state index in [1.165, 1.54) is 19.3 Å². The van der Waals surface area contributed by atoms with Gasteiger partial charge in [-0.25, -0.2) is 9.97 Å². The first-order chi connectivity index (χ1) is 9.01.